The summed E-state index contributed by atoms with van der Waals surface area (Å²) in [6, 6.07) is 24.3. The highest BCUT2D eigenvalue weighted by Gasteiger charge is 2.28. The van der Waals surface area contributed by atoms with Crippen LogP contribution in [-0.4, -0.2) is 66.9 Å². The number of pyridine rings is 1. The van der Waals surface area contributed by atoms with E-state index in [9.17, 15) is 4.79 Å². The van der Waals surface area contributed by atoms with Crippen LogP contribution in [0.15, 0.2) is 90.3 Å². The molecule has 1 atom stereocenters. The zero-order valence-corrected chi connectivity index (χ0v) is 20.5. The zero-order chi connectivity index (χ0) is 24.0. The highest BCUT2D eigenvalue weighted by atomic mass is 32.2. The van der Waals surface area contributed by atoms with Gasteiger partial charge in [0, 0.05) is 56.4 Å². The fraction of sp³-hybridized carbons (Fsp3) is 0.259. The highest BCUT2D eigenvalue weighted by molar-refractivity contribution is 8.00. The fourth-order valence-corrected chi connectivity index (χ4v) is 5.23. The molecule has 5 rings (SSSR count). The summed E-state index contributed by atoms with van der Waals surface area (Å²) in [5.74, 6) is 0.873. The maximum absolute atomic E-state index is 13.3. The molecule has 0 spiro atoms. The van der Waals surface area contributed by atoms with Crippen LogP contribution in [0.3, 0.4) is 0 Å². The number of nitrogens with zero attached hydrogens (tertiary/aromatic N) is 6. The maximum Gasteiger partial charge on any atom is 0.235 e. The molecule has 0 bridgehead atoms. The average Bonchev–Trinajstić information content (AvgIpc) is 3.33. The van der Waals surface area contributed by atoms with Crippen LogP contribution in [0.4, 0.5) is 0 Å². The van der Waals surface area contributed by atoms with Gasteiger partial charge in [0.2, 0.25) is 5.91 Å². The normalized spacial score (nSPS) is 15.2. The van der Waals surface area contributed by atoms with Gasteiger partial charge in [-0.1, -0.05) is 60.3 Å². The van der Waals surface area contributed by atoms with Crippen LogP contribution in [-0.2, 0) is 11.3 Å². The second-order valence-electron chi connectivity index (χ2n) is 8.56. The van der Waals surface area contributed by atoms with Crippen LogP contribution in [0.2, 0.25) is 0 Å². The average molecular weight is 485 g/mol. The lowest BCUT2D eigenvalue weighted by molar-refractivity contribution is -0.132. The van der Waals surface area contributed by atoms with E-state index in [2.05, 4.69) is 44.3 Å². The van der Waals surface area contributed by atoms with Gasteiger partial charge in [-0.25, -0.2) is 0 Å². The van der Waals surface area contributed by atoms with E-state index < -0.39 is 0 Å². The Morgan fingerprint density at radius 3 is 2.23 bits per heavy atom. The van der Waals surface area contributed by atoms with Crippen molar-refractivity contribution in [3.05, 3.63) is 90.8 Å². The van der Waals surface area contributed by atoms with E-state index in [0.29, 0.717) is 5.16 Å². The summed E-state index contributed by atoms with van der Waals surface area (Å²) in [5, 5.41) is 9.37. The molecule has 4 aromatic rings. The van der Waals surface area contributed by atoms with E-state index in [4.69, 9.17) is 0 Å². The van der Waals surface area contributed by atoms with Gasteiger partial charge in [0.15, 0.2) is 11.0 Å². The molecule has 0 radical (unpaired) electrons. The predicted molar refractivity (Wildman–Crippen MR) is 138 cm³/mol. The second-order valence-corrected chi connectivity index (χ2v) is 9.87. The summed E-state index contributed by atoms with van der Waals surface area (Å²) in [5.41, 5.74) is 3.19. The van der Waals surface area contributed by atoms with E-state index in [1.54, 1.807) is 12.4 Å². The molecule has 178 valence electrons. The van der Waals surface area contributed by atoms with Gasteiger partial charge in [0.25, 0.3) is 0 Å². The Morgan fingerprint density at radius 2 is 1.54 bits per heavy atom. The van der Waals surface area contributed by atoms with Gasteiger partial charge in [-0.2, -0.15) is 0 Å². The third kappa shape index (κ3) is 5.44. The van der Waals surface area contributed by atoms with Crippen molar-refractivity contribution < 1.29 is 4.79 Å². The SMILES string of the molecule is CC(Sc1nnc(-c2ccncc2)n1-c1ccccc1)C(=O)N1CCN(Cc2ccccc2)CC1. The van der Waals surface area contributed by atoms with Gasteiger partial charge in [-0.3, -0.25) is 19.2 Å². The minimum atomic E-state index is -0.271. The number of para-hydroxylation sites is 1. The number of benzene rings is 2. The molecule has 1 amide bonds. The first-order chi connectivity index (χ1) is 17.2. The number of amides is 1. The molecular formula is C27H28N6OS. The molecule has 1 saturated heterocycles. The Kier molecular flexibility index (Phi) is 7.20. The van der Waals surface area contributed by atoms with Crippen LogP contribution in [0.25, 0.3) is 17.1 Å². The summed E-state index contributed by atoms with van der Waals surface area (Å²) in [6.45, 7) is 6.12. The number of hydrogen-bond acceptors (Lipinski definition) is 6. The van der Waals surface area contributed by atoms with Crippen molar-refractivity contribution >= 4 is 17.7 Å². The molecule has 7 nitrogen and oxygen atoms in total. The van der Waals surface area contributed by atoms with Crippen molar-refractivity contribution in [3.63, 3.8) is 0 Å². The Bertz CT molecular complexity index is 1240. The molecule has 1 aliphatic heterocycles. The van der Waals surface area contributed by atoms with Gasteiger partial charge in [-0.05, 0) is 36.8 Å². The number of rotatable bonds is 7. The first-order valence-electron chi connectivity index (χ1n) is 11.8. The molecule has 0 N–H and O–H groups in total. The van der Waals surface area contributed by atoms with Crippen LogP contribution in [0.5, 0.6) is 0 Å². The smallest absolute Gasteiger partial charge is 0.235 e. The number of carbonyl (C=O) groups excluding carboxylic acids is 1. The molecule has 3 heterocycles. The summed E-state index contributed by atoms with van der Waals surface area (Å²) in [4.78, 5) is 21.8. The maximum atomic E-state index is 13.3. The van der Waals surface area contributed by atoms with Crippen molar-refractivity contribution in [1.29, 1.82) is 0 Å². The van der Waals surface area contributed by atoms with E-state index in [1.165, 1.54) is 17.3 Å². The van der Waals surface area contributed by atoms with Crippen LogP contribution < -0.4 is 0 Å². The van der Waals surface area contributed by atoms with Gasteiger partial charge < -0.3 is 4.90 Å². The summed E-state index contributed by atoms with van der Waals surface area (Å²) >= 11 is 1.45. The van der Waals surface area contributed by atoms with Crippen molar-refractivity contribution in [2.45, 2.75) is 23.9 Å². The Morgan fingerprint density at radius 1 is 0.886 bits per heavy atom. The Hall–Kier alpha value is -3.49. The minimum absolute atomic E-state index is 0.141. The lowest BCUT2D eigenvalue weighted by Gasteiger charge is -2.35. The van der Waals surface area contributed by atoms with Gasteiger partial charge >= 0.3 is 0 Å². The molecule has 1 unspecified atom stereocenters. The molecule has 1 aliphatic rings. The standard InChI is InChI=1S/C27H28N6OS/c1-21(26(34)32-18-16-31(17-19-32)20-22-8-4-2-5-9-22)35-27-30-29-25(23-12-14-28-15-13-23)33(27)24-10-6-3-7-11-24/h2-15,21H,16-20H2,1H3. The van der Waals surface area contributed by atoms with Crippen molar-refractivity contribution in [2.75, 3.05) is 26.2 Å². The molecule has 8 heteroatoms. The largest absolute Gasteiger partial charge is 0.339 e. The number of hydrogen-bond donors (Lipinski definition) is 0. The third-order valence-electron chi connectivity index (χ3n) is 6.15. The number of carbonyl (C=O) groups is 1. The quantitative estimate of drug-likeness (QED) is 0.367. The predicted octanol–water partition coefficient (Wildman–Crippen LogP) is 4.15. The van der Waals surface area contributed by atoms with Crippen LogP contribution in [0, 0.1) is 0 Å². The monoisotopic (exact) mass is 484 g/mol. The van der Waals surface area contributed by atoms with E-state index in [0.717, 1.165) is 49.8 Å². The fourth-order valence-electron chi connectivity index (χ4n) is 4.28. The van der Waals surface area contributed by atoms with Crippen molar-refractivity contribution in [2.24, 2.45) is 0 Å². The first-order valence-corrected chi connectivity index (χ1v) is 12.7. The third-order valence-corrected chi connectivity index (χ3v) is 7.18. The molecule has 35 heavy (non-hydrogen) atoms. The molecule has 2 aromatic carbocycles. The lowest BCUT2D eigenvalue weighted by atomic mass is 10.2. The Labute approximate surface area is 209 Å². The zero-order valence-electron chi connectivity index (χ0n) is 19.7. The topological polar surface area (TPSA) is 67.2 Å². The Balaban J connectivity index is 1.28. The minimum Gasteiger partial charge on any atom is -0.339 e. The first kappa shape index (κ1) is 23.3. The van der Waals surface area contributed by atoms with Crippen molar-refractivity contribution in [1.82, 2.24) is 29.5 Å². The summed E-state index contributed by atoms with van der Waals surface area (Å²) < 4.78 is 2.02. The van der Waals surface area contributed by atoms with Gasteiger partial charge in [0.1, 0.15) is 0 Å². The van der Waals surface area contributed by atoms with Crippen LogP contribution in [0.1, 0.15) is 12.5 Å². The molecule has 1 fully saturated rings. The molecule has 2 aromatic heterocycles. The number of aromatic nitrogens is 4. The number of piperazine rings is 1. The number of thioether (sulfide) groups is 1. The molecule has 0 aliphatic carbocycles. The molecular weight excluding hydrogens is 456 g/mol. The second kappa shape index (κ2) is 10.8. The van der Waals surface area contributed by atoms with Crippen molar-refractivity contribution in [3.8, 4) is 17.1 Å². The lowest BCUT2D eigenvalue weighted by Crippen LogP contribution is -2.50. The molecule has 0 saturated carbocycles. The van der Waals surface area contributed by atoms with E-state index in [1.807, 2.05) is 64.9 Å². The van der Waals surface area contributed by atoms with Gasteiger partial charge in [-0.15, -0.1) is 10.2 Å². The van der Waals surface area contributed by atoms with E-state index >= 15 is 0 Å². The summed E-state index contributed by atoms with van der Waals surface area (Å²) in [6.07, 6.45) is 3.49. The summed E-state index contributed by atoms with van der Waals surface area (Å²) in [7, 11) is 0. The van der Waals surface area contributed by atoms with Gasteiger partial charge in [0.05, 0.1) is 5.25 Å². The van der Waals surface area contributed by atoms with E-state index in [-0.39, 0.29) is 11.2 Å². The highest BCUT2D eigenvalue weighted by Crippen LogP contribution is 2.30. The van der Waals surface area contributed by atoms with Crippen LogP contribution >= 0.6 is 11.8 Å².